The predicted molar refractivity (Wildman–Crippen MR) is 73.8 cm³/mol. The lowest BCUT2D eigenvalue weighted by atomic mass is 9.92. The van der Waals surface area contributed by atoms with Gasteiger partial charge in [-0.15, -0.1) is 0 Å². The Kier molecular flexibility index (Phi) is 5.15. The number of rotatable bonds is 4. The standard InChI is InChI=1S/C14H27N3O/c1-15(2)7-8-16-9-11-17(12-10-16)13-5-3-4-6-14(13)18/h13H,3-12H2,1-2H3. The van der Waals surface area contributed by atoms with Gasteiger partial charge in [0.05, 0.1) is 6.04 Å². The highest BCUT2D eigenvalue weighted by atomic mass is 16.1. The van der Waals surface area contributed by atoms with Gasteiger partial charge in [-0.1, -0.05) is 6.42 Å². The largest absolute Gasteiger partial charge is 0.308 e. The molecular weight excluding hydrogens is 226 g/mol. The van der Waals surface area contributed by atoms with Gasteiger partial charge in [-0.05, 0) is 26.9 Å². The Morgan fingerprint density at radius 1 is 1.17 bits per heavy atom. The molecule has 0 aromatic carbocycles. The van der Waals surface area contributed by atoms with Crippen LogP contribution in [0.5, 0.6) is 0 Å². The summed E-state index contributed by atoms with van der Waals surface area (Å²) in [5.41, 5.74) is 0. The van der Waals surface area contributed by atoms with Crippen LogP contribution in [0, 0.1) is 0 Å². The molecule has 0 bridgehead atoms. The second-order valence-corrected chi connectivity index (χ2v) is 5.91. The zero-order valence-corrected chi connectivity index (χ0v) is 11.9. The fraction of sp³-hybridized carbons (Fsp3) is 0.929. The molecule has 0 spiro atoms. The molecule has 0 aromatic rings. The fourth-order valence-corrected chi connectivity index (χ4v) is 2.99. The average Bonchev–Trinajstić information content (AvgIpc) is 2.38. The molecule has 2 aliphatic rings. The first-order valence-corrected chi connectivity index (χ1v) is 7.30. The Bertz CT molecular complexity index is 272. The van der Waals surface area contributed by atoms with Crippen molar-refractivity contribution in [1.82, 2.24) is 14.7 Å². The van der Waals surface area contributed by atoms with E-state index in [1.54, 1.807) is 0 Å². The molecular formula is C14H27N3O. The third kappa shape index (κ3) is 3.77. The van der Waals surface area contributed by atoms with Crippen molar-refractivity contribution in [1.29, 1.82) is 0 Å². The van der Waals surface area contributed by atoms with Crippen LogP contribution >= 0.6 is 0 Å². The van der Waals surface area contributed by atoms with Crippen molar-refractivity contribution in [2.45, 2.75) is 31.7 Å². The summed E-state index contributed by atoms with van der Waals surface area (Å²) in [7, 11) is 4.24. The van der Waals surface area contributed by atoms with Gasteiger partial charge in [0.2, 0.25) is 0 Å². The van der Waals surface area contributed by atoms with Gasteiger partial charge >= 0.3 is 0 Å². The maximum atomic E-state index is 11.9. The van der Waals surface area contributed by atoms with E-state index >= 15 is 0 Å². The van der Waals surface area contributed by atoms with E-state index in [9.17, 15) is 4.79 Å². The van der Waals surface area contributed by atoms with E-state index < -0.39 is 0 Å². The van der Waals surface area contributed by atoms with E-state index in [0.29, 0.717) is 5.78 Å². The fourth-order valence-electron chi connectivity index (χ4n) is 2.99. The Labute approximate surface area is 111 Å². The SMILES string of the molecule is CN(C)CCN1CCN(C2CCCCC2=O)CC1. The molecule has 0 aromatic heterocycles. The molecule has 18 heavy (non-hydrogen) atoms. The molecule has 104 valence electrons. The van der Waals surface area contributed by atoms with Crippen molar-refractivity contribution in [3.8, 4) is 0 Å². The van der Waals surface area contributed by atoms with Gasteiger partial charge in [0, 0.05) is 45.7 Å². The lowest BCUT2D eigenvalue weighted by molar-refractivity contribution is -0.127. The summed E-state index contributed by atoms with van der Waals surface area (Å²) in [4.78, 5) is 19.1. The van der Waals surface area contributed by atoms with Crippen molar-refractivity contribution in [2.24, 2.45) is 0 Å². The molecule has 1 heterocycles. The predicted octanol–water partition coefficient (Wildman–Crippen LogP) is 0.677. The Balaban J connectivity index is 1.74. The van der Waals surface area contributed by atoms with Gasteiger partial charge < -0.3 is 4.90 Å². The first kappa shape index (κ1) is 14.0. The van der Waals surface area contributed by atoms with E-state index in [4.69, 9.17) is 0 Å². The lowest BCUT2D eigenvalue weighted by Gasteiger charge is -2.40. The quantitative estimate of drug-likeness (QED) is 0.736. The molecule has 0 radical (unpaired) electrons. The van der Waals surface area contributed by atoms with Crippen LogP contribution in [0.15, 0.2) is 0 Å². The molecule has 1 saturated carbocycles. The van der Waals surface area contributed by atoms with E-state index in [1.165, 1.54) is 6.42 Å². The topological polar surface area (TPSA) is 26.8 Å². The molecule has 2 fully saturated rings. The molecule has 1 atom stereocenters. The molecule has 1 saturated heterocycles. The highest BCUT2D eigenvalue weighted by molar-refractivity contribution is 5.84. The lowest BCUT2D eigenvalue weighted by Crippen LogP contribution is -2.54. The van der Waals surface area contributed by atoms with Gasteiger partial charge in [-0.3, -0.25) is 14.6 Å². The van der Waals surface area contributed by atoms with Crippen molar-refractivity contribution in [3.05, 3.63) is 0 Å². The molecule has 1 aliphatic heterocycles. The monoisotopic (exact) mass is 253 g/mol. The maximum absolute atomic E-state index is 11.9. The smallest absolute Gasteiger partial charge is 0.149 e. The first-order chi connectivity index (χ1) is 8.66. The molecule has 2 rings (SSSR count). The summed E-state index contributed by atoms with van der Waals surface area (Å²) in [6.07, 6.45) is 4.25. The number of hydrogen-bond donors (Lipinski definition) is 0. The van der Waals surface area contributed by atoms with Crippen molar-refractivity contribution < 1.29 is 4.79 Å². The zero-order chi connectivity index (χ0) is 13.0. The van der Waals surface area contributed by atoms with Gasteiger partial charge in [0.25, 0.3) is 0 Å². The summed E-state index contributed by atoms with van der Waals surface area (Å²) >= 11 is 0. The van der Waals surface area contributed by atoms with E-state index in [2.05, 4.69) is 28.8 Å². The van der Waals surface area contributed by atoms with Crippen molar-refractivity contribution in [2.75, 3.05) is 53.4 Å². The summed E-state index contributed by atoms with van der Waals surface area (Å²) in [5, 5.41) is 0. The number of carbonyl (C=O) groups excluding carboxylic acids is 1. The normalized spacial score (nSPS) is 27.9. The molecule has 1 aliphatic carbocycles. The molecule has 1 unspecified atom stereocenters. The Hall–Kier alpha value is -0.450. The minimum absolute atomic E-state index is 0.245. The van der Waals surface area contributed by atoms with Crippen LogP contribution in [0.3, 0.4) is 0 Å². The van der Waals surface area contributed by atoms with Crippen LogP contribution in [-0.2, 0) is 4.79 Å². The van der Waals surface area contributed by atoms with Crippen LogP contribution < -0.4 is 0 Å². The van der Waals surface area contributed by atoms with E-state index in [0.717, 1.165) is 58.5 Å². The second kappa shape index (κ2) is 6.64. The second-order valence-electron chi connectivity index (χ2n) is 5.91. The Morgan fingerprint density at radius 2 is 1.89 bits per heavy atom. The number of hydrogen-bond acceptors (Lipinski definition) is 4. The zero-order valence-electron chi connectivity index (χ0n) is 11.9. The minimum Gasteiger partial charge on any atom is -0.308 e. The summed E-state index contributed by atoms with van der Waals surface area (Å²) in [6.45, 7) is 6.67. The number of nitrogens with zero attached hydrogens (tertiary/aromatic N) is 3. The number of carbonyl (C=O) groups is 1. The summed E-state index contributed by atoms with van der Waals surface area (Å²) < 4.78 is 0. The van der Waals surface area contributed by atoms with Crippen LogP contribution in [0.2, 0.25) is 0 Å². The van der Waals surface area contributed by atoms with Gasteiger partial charge in [0.15, 0.2) is 0 Å². The first-order valence-electron chi connectivity index (χ1n) is 7.30. The third-order valence-corrected chi connectivity index (χ3v) is 4.23. The van der Waals surface area contributed by atoms with Crippen LogP contribution in [0.1, 0.15) is 25.7 Å². The van der Waals surface area contributed by atoms with Crippen LogP contribution in [0.4, 0.5) is 0 Å². The molecule has 4 nitrogen and oxygen atoms in total. The van der Waals surface area contributed by atoms with Gasteiger partial charge in [0.1, 0.15) is 5.78 Å². The number of likely N-dealkylation sites (N-methyl/N-ethyl adjacent to an activating group) is 1. The van der Waals surface area contributed by atoms with E-state index in [-0.39, 0.29) is 6.04 Å². The van der Waals surface area contributed by atoms with E-state index in [1.807, 2.05) is 0 Å². The van der Waals surface area contributed by atoms with Gasteiger partial charge in [-0.25, -0.2) is 0 Å². The van der Waals surface area contributed by atoms with Crippen LogP contribution in [0.25, 0.3) is 0 Å². The van der Waals surface area contributed by atoms with Crippen molar-refractivity contribution >= 4 is 5.78 Å². The average molecular weight is 253 g/mol. The molecule has 0 amide bonds. The third-order valence-electron chi connectivity index (χ3n) is 4.23. The summed E-state index contributed by atoms with van der Waals surface area (Å²) in [5.74, 6) is 0.489. The molecule has 4 heteroatoms. The number of ketones is 1. The number of Topliss-reactive ketones (excluding diaryl/α,β-unsaturated/α-hetero) is 1. The van der Waals surface area contributed by atoms with Crippen LogP contribution in [-0.4, -0.2) is 79.9 Å². The highest BCUT2D eigenvalue weighted by Gasteiger charge is 2.30. The number of piperazine rings is 1. The minimum atomic E-state index is 0.245. The van der Waals surface area contributed by atoms with Crippen molar-refractivity contribution in [3.63, 3.8) is 0 Å². The highest BCUT2D eigenvalue weighted by Crippen LogP contribution is 2.20. The maximum Gasteiger partial charge on any atom is 0.149 e. The molecule has 0 N–H and O–H groups in total. The van der Waals surface area contributed by atoms with Gasteiger partial charge in [-0.2, -0.15) is 0 Å². The Morgan fingerprint density at radius 3 is 2.50 bits per heavy atom. The summed E-state index contributed by atoms with van der Waals surface area (Å²) in [6, 6.07) is 0.245.